The molecule has 0 aliphatic carbocycles. The van der Waals surface area contributed by atoms with Crippen molar-refractivity contribution in [1.29, 1.82) is 0 Å². The lowest BCUT2D eigenvalue weighted by atomic mass is 10.1. The summed E-state index contributed by atoms with van der Waals surface area (Å²) < 4.78 is 16.3. The molecule has 0 aromatic heterocycles. The molecule has 16 heavy (non-hydrogen) atoms. The maximum Gasteiger partial charge on any atom is 0.172 e. The Hall–Kier alpha value is -0.160. The van der Waals surface area contributed by atoms with Gasteiger partial charge in [0.15, 0.2) is 6.29 Å². The van der Waals surface area contributed by atoms with Gasteiger partial charge in [0.2, 0.25) is 0 Å². The van der Waals surface area contributed by atoms with Crippen LogP contribution in [0, 0.1) is 0 Å². The van der Waals surface area contributed by atoms with E-state index >= 15 is 0 Å². The molecular formula is C12H27NO3. The van der Waals surface area contributed by atoms with Crippen LogP contribution in [0.1, 0.15) is 33.6 Å². The summed E-state index contributed by atoms with van der Waals surface area (Å²) in [5, 5.41) is 3.41. The Kier molecular flexibility index (Phi) is 11.2. The van der Waals surface area contributed by atoms with Crippen LogP contribution in [0.25, 0.3) is 0 Å². The quantitative estimate of drug-likeness (QED) is 0.436. The lowest BCUT2D eigenvalue weighted by Gasteiger charge is -2.27. The molecule has 0 heterocycles. The molecule has 0 fully saturated rings. The van der Waals surface area contributed by atoms with Gasteiger partial charge in [0.1, 0.15) is 0 Å². The van der Waals surface area contributed by atoms with E-state index in [2.05, 4.69) is 12.2 Å². The van der Waals surface area contributed by atoms with Gasteiger partial charge in [-0.25, -0.2) is 0 Å². The van der Waals surface area contributed by atoms with E-state index < -0.39 is 0 Å². The van der Waals surface area contributed by atoms with E-state index in [1.54, 1.807) is 7.11 Å². The molecule has 0 radical (unpaired) electrons. The highest BCUT2D eigenvalue weighted by Crippen LogP contribution is 2.08. The van der Waals surface area contributed by atoms with Crippen LogP contribution >= 0.6 is 0 Å². The highest BCUT2D eigenvalue weighted by molar-refractivity contribution is 4.70. The van der Waals surface area contributed by atoms with Crippen LogP contribution in [0.2, 0.25) is 0 Å². The van der Waals surface area contributed by atoms with Gasteiger partial charge in [-0.1, -0.05) is 6.92 Å². The van der Waals surface area contributed by atoms with Crippen molar-refractivity contribution in [3.8, 4) is 0 Å². The highest BCUT2D eigenvalue weighted by atomic mass is 16.7. The third kappa shape index (κ3) is 7.17. The second kappa shape index (κ2) is 11.3. The average Bonchev–Trinajstić information content (AvgIpc) is 2.28. The third-order valence-electron chi connectivity index (χ3n) is 2.32. The molecule has 0 aliphatic heterocycles. The average molecular weight is 233 g/mol. The Bertz CT molecular complexity index is 138. The summed E-state index contributed by atoms with van der Waals surface area (Å²) in [6.07, 6.45) is 1.88. The van der Waals surface area contributed by atoms with Gasteiger partial charge >= 0.3 is 0 Å². The van der Waals surface area contributed by atoms with Crippen LogP contribution in [0.15, 0.2) is 0 Å². The summed E-state index contributed by atoms with van der Waals surface area (Å²) in [4.78, 5) is 0. The molecule has 0 saturated heterocycles. The number of hydrogen-bond acceptors (Lipinski definition) is 4. The van der Waals surface area contributed by atoms with E-state index in [0.717, 1.165) is 26.0 Å². The Morgan fingerprint density at radius 1 is 1.06 bits per heavy atom. The summed E-state index contributed by atoms with van der Waals surface area (Å²) >= 11 is 0. The van der Waals surface area contributed by atoms with Crippen molar-refractivity contribution in [3.63, 3.8) is 0 Å². The first kappa shape index (κ1) is 15.8. The Labute approximate surface area is 99.6 Å². The second-order valence-electron chi connectivity index (χ2n) is 3.58. The largest absolute Gasteiger partial charge is 0.385 e. The third-order valence-corrected chi connectivity index (χ3v) is 2.32. The van der Waals surface area contributed by atoms with Gasteiger partial charge in [-0.05, 0) is 33.2 Å². The van der Waals surface area contributed by atoms with Gasteiger partial charge in [-0.15, -0.1) is 0 Å². The fraction of sp³-hybridized carbons (Fsp3) is 1.00. The minimum atomic E-state index is -0.146. The summed E-state index contributed by atoms with van der Waals surface area (Å²) in [6.45, 7) is 9.14. The van der Waals surface area contributed by atoms with Gasteiger partial charge in [-0.3, -0.25) is 0 Å². The minimum absolute atomic E-state index is 0.146. The first-order valence-corrected chi connectivity index (χ1v) is 6.25. The van der Waals surface area contributed by atoms with Crippen LogP contribution in [0.3, 0.4) is 0 Å². The molecule has 0 saturated carbocycles. The molecule has 4 nitrogen and oxygen atoms in total. The van der Waals surface area contributed by atoms with Crippen molar-refractivity contribution in [2.45, 2.75) is 45.9 Å². The fourth-order valence-corrected chi connectivity index (χ4v) is 1.65. The SMILES string of the molecule is CCNC(CCCOC)C(OCC)OCC. The van der Waals surface area contributed by atoms with Crippen LogP contribution < -0.4 is 5.32 Å². The number of methoxy groups -OCH3 is 1. The predicted molar refractivity (Wildman–Crippen MR) is 65.6 cm³/mol. The highest BCUT2D eigenvalue weighted by Gasteiger charge is 2.20. The van der Waals surface area contributed by atoms with Crippen molar-refractivity contribution in [1.82, 2.24) is 5.32 Å². The maximum absolute atomic E-state index is 5.60. The van der Waals surface area contributed by atoms with Gasteiger partial charge < -0.3 is 19.5 Å². The Morgan fingerprint density at radius 2 is 1.69 bits per heavy atom. The molecule has 0 aliphatic rings. The first-order valence-electron chi connectivity index (χ1n) is 6.25. The van der Waals surface area contributed by atoms with E-state index in [1.165, 1.54) is 0 Å². The molecule has 0 bridgehead atoms. The topological polar surface area (TPSA) is 39.7 Å². The monoisotopic (exact) mass is 233 g/mol. The standard InChI is InChI=1S/C12H27NO3/c1-5-13-11(9-8-10-14-4)12(15-6-2)16-7-3/h11-13H,5-10H2,1-4H3. The molecule has 0 aromatic carbocycles. The fourth-order valence-electron chi connectivity index (χ4n) is 1.65. The molecule has 4 heteroatoms. The lowest BCUT2D eigenvalue weighted by Crippen LogP contribution is -2.43. The van der Waals surface area contributed by atoms with Crippen LogP contribution in [0.5, 0.6) is 0 Å². The molecule has 1 unspecified atom stereocenters. The number of nitrogens with one attached hydrogen (secondary N) is 1. The number of hydrogen-bond donors (Lipinski definition) is 1. The minimum Gasteiger partial charge on any atom is -0.385 e. The van der Waals surface area contributed by atoms with Crippen molar-refractivity contribution < 1.29 is 14.2 Å². The smallest absolute Gasteiger partial charge is 0.172 e. The molecule has 98 valence electrons. The van der Waals surface area contributed by atoms with Crippen molar-refractivity contribution in [3.05, 3.63) is 0 Å². The van der Waals surface area contributed by atoms with Crippen LogP contribution in [-0.4, -0.2) is 45.8 Å². The van der Waals surface area contributed by atoms with Gasteiger partial charge in [-0.2, -0.15) is 0 Å². The van der Waals surface area contributed by atoms with Crippen molar-refractivity contribution >= 4 is 0 Å². The van der Waals surface area contributed by atoms with E-state index in [0.29, 0.717) is 13.2 Å². The molecule has 0 spiro atoms. The summed E-state index contributed by atoms with van der Waals surface area (Å²) in [7, 11) is 1.73. The summed E-state index contributed by atoms with van der Waals surface area (Å²) in [6, 6.07) is 0.250. The van der Waals surface area contributed by atoms with Gasteiger partial charge in [0.25, 0.3) is 0 Å². The van der Waals surface area contributed by atoms with Crippen molar-refractivity contribution in [2.24, 2.45) is 0 Å². The zero-order chi connectivity index (χ0) is 12.2. The maximum atomic E-state index is 5.60. The predicted octanol–water partition coefficient (Wildman–Crippen LogP) is 1.79. The zero-order valence-electron chi connectivity index (χ0n) is 11.1. The molecule has 1 N–H and O–H groups in total. The van der Waals surface area contributed by atoms with E-state index in [-0.39, 0.29) is 12.3 Å². The number of likely N-dealkylation sites (N-methyl/N-ethyl adjacent to an activating group) is 1. The second-order valence-corrected chi connectivity index (χ2v) is 3.58. The molecule has 0 aromatic rings. The van der Waals surface area contributed by atoms with E-state index in [1.807, 2.05) is 13.8 Å². The zero-order valence-corrected chi connectivity index (χ0v) is 11.1. The van der Waals surface area contributed by atoms with E-state index in [4.69, 9.17) is 14.2 Å². The van der Waals surface area contributed by atoms with Gasteiger partial charge in [0.05, 0.1) is 6.04 Å². The van der Waals surface area contributed by atoms with Crippen LogP contribution in [-0.2, 0) is 14.2 Å². The molecule has 0 rings (SSSR count). The van der Waals surface area contributed by atoms with E-state index in [9.17, 15) is 0 Å². The first-order chi connectivity index (χ1) is 7.79. The normalized spacial score (nSPS) is 13.3. The Morgan fingerprint density at radius 3 is 2.12 bits per heavy atom. The van der Waals surface area contributed by atoms with Crippen LogP contribution in [0.4, 0.5) is 0 Å². The van der Waals surface area contributed by atoms with Gasteiger partial charge in [0, 0.05) is 26.9 Å². The summed E-state index contributed by atoms with van der Waals surface area (Å²) in [5.41, 5.74) is 0. The lowest BCUT2D eigenvalue weighted by molar-refractivity contribution is -0.155. The number of ether oxygens (including phenoxy) is 3. The Balaban J connectivity index is 4.08. The number of rotatable bonds is 11. The van der Waals surface area contributed by atoms with Crippen molar-refractivity contribution in [2.75, 3.05) is 33.5 Å². The molecule has 0 amide bonds. The summed E-state index contributed by atoms with van der Waals surface area (Å²) in [5.74, 6) is 0. The molecular weight excluding hydrogens is 206 g/mol. The molecule has 1 atom stereocenters.